The number of hydrogen-bond acceptors (Lipinski definition) is 5. The maximum atomic E-state index is 13.8. The number of thiazole rings is 1. The molecule has 1 amide bonds. The van der Waals surface area contributed by atoms with Crippen LogP contribution >= 0.6 is 11.3 Å². The average molecular weight is 414 g/mol. The molecule has 1 N–H and O–H groups in total. The van der Waals surface area contributed by atoms with Crippen molar-refractivity contribution in [2.24, 2.45) is 0 Å². The molecule has 1 aliphatic rings. The van der Waals surface area contributed by atoms with Gasteiger partial charge in [-0.25, -0.2) is 14.4 Å². The van der Waals surface area contributed by atoms with Gasteiger partial charge in [0.15, 0.2) is 11.7 Å². The summed E-state index contributed by atoms with van der Waals surface area (Å²) in [5, 5.41) is 4.13. The van der Waals surface area contributed by atoms with Gasteiger partial charge in [-0.2, -0.15) is 0 Å². The molecule has 29 heavy (non-hydrogen) atoms. The molecule has 0 spiro atoms. The van der Waals surface area contributed by atoms with Gasteiger partial charge in [0, 0.05) is 30.7 Å². The van der Waals surface area contributed by atoms with Crippen molar-refractivity contribution in [1.82, 2.24) is 15.3 Å². The Morgan fingerprint density at radius 1 is 1.21 bits per heavy atom. The lowest BCUT2D eigenvalue weighted by Gasteiger charge is -2.06. The molecule has 0 saturated heterocycles. The minimum absolute atomic E-state index is 0.0333. The number of amides is 1. The Morgan fingerprint density at radius 2 is 2.07 bits per heavy atom. The summed E-state index contributed by atoms with van der Waals surface area (Å²) >= 11 is 1.83. The van der Waals surface area contributed by atoms with E-state index >= 15 is 0 Å². The normalized spacial score (nSPS) is 13.3. The molecule has 1 aromatic carbocycles. The fourth-order valence-electron chi connectivity index (χ4n) is 3.50. The maximum absolute atomic E-state index is 13.8. The van der Waals surface area contributed by atoms with Crippen LogP contribution in [0, 0.1) is 5.82 Å². The van der Waals surface area contributed by atoms with Crippen molar-refractivity contribution in [3.8, 4) is 11.3 Å². The van der Waals surface area contributed by atoms with Crippen LogP contribution in [0.5, 0.6) is 0 Å². The Balaban J connectivity index is 1.18. The minimum Gasteiger partial charge on any atom is -0.441 e. The fourth-order valence-corrected chi connectivity index (χ4v) is 4.70. The monoisotopic (exact) mass is 413 g/mol. The van der Waals surface area contributed by atoms with Gasteiger partial charge in [-0.3, -0.25) is 4.79 Å². The number of nitrogens with zero attached hydrogens (tertiary/aromatic N) is 2. The lowest BCUT2D eigenvalue weighted by molar-refractivity contribution is -0.121. The highest BCUT2D eigenvalue weighted by Crippen LogP contribution is 2.27. The third-order valence-electron chi connectivity index (χ3n) is 5.04. The third kappa shape index (κ3) is 5.09. The second kappa shape index (κ2) is 9.31. The van der Waals surface area contributed by atoms with Gasteiger partial charge in [0.2, 0.25) is 5.91 Å². The number of nitrogens with one attached hydrogen (secondary N) is 1. The first-order valence-electron chi connectivity index (χ1n) is 10.1. The van der Waals surface area contributed by atoms with Gasteiger partial charge in [-0.05, 0) is 44.2 Å². The molecule has 4 rings (SSSR count). The molecule has 1 aliphatic carbocycles. The molecule has 0 aliphatic heterocycles. The highest BCUT2D eigenvalue weighted by Gasteiger charge is 2.15. The first-order valence-corrected chi connectivity index (χ1v) is 10.9. The van der Waals surface area contributed by atoms with E-state index in [1.165, 1.54) is 47.1 Å². The molecule has 2 aromatic heterocycles. The van der Waals surface area contributed by atoms with E-state index in [4.69, 9.17) is 9.40 Å². The topological polar surface area (TPSA) is 68.0 Å². The van der Waals surface area contributed by atoms with Gasteiger partial charge in [-0.1, -0.05) is 12.1 Å². The van der Waals surface area contributed by atoms with Crippen molar-refractivity contribution in [2.75, 3.05) is 6.54 Å². The molecule has 3 aromatic rings. The highest BCUT2D eigenvalue weighted by atomic mass is 32.1. The van der Waals surface area contributed by atoms with Crippen LogP contribution in [0.25, 0.3) is 11.3 Å². The Labute approximate surface area is 173 Å². The summed E-state index contributed by atoms with van der Waals surface area (Å²) < 4.78 is 19.4. The lowest BCUT2D eigenvalue weighted by atomic mass is 10.0. The van der Waals surface area contributed by atoms with Crippen LogP contribution in [0.1, 0.15) is 47.2 Å². The van der Waals surface area contributed by atoms with Crippen molar-refractivity contribution in [3.05, 3.63) is 57.7 Å². The number of rotatable bonds is 8. The Morgan fingerprint density at radius 3 is 2.93 bits per heavy atom. The van der Waals surface area contributed by atoms with Crippen molar-refractivity contribution in [1.29, 1.82) is 0 Å². The summed E-state index contributed by atoms with van der Waals surface area (Å²) in [5.41, 5.74) is 1.67. The number of aromatic nitrogens is 2. The number of halogens is 1. The molecule has 5 nitrogen and oxygen atoms in total. The maximum Gasteiger partial charge on any atom is 0.220 e. The van der Waals surface area contributed by atoms with E-state index in [0.717, 1.165) is 19.3 Å². The highest BCUT2D eigenvalue weighted by molar-refractivity contribution is 7.11. The van der Waals surface area contributed by atoms with E-state index < -0.39 is 0 Å². The number of fused-ring (bicyclic) bond motifs is 1. The number of benzene rings is 1. The Hall–Kier alpha value is -2.54. The Bertz CT molecular complexity index is 959. The molecule has 0 atom stereocenters. The van der Waals surface area contributed by atoms with Gasteiger partial charge < -0.3 is 9.73 Å². The molecule has 0 bridgehead atoms. The van der Waals surface area contributed by atoms with Crippen molar-refractivity contribution < 1.29 is 13.6 Å². The van der Waals surface area contributed by atoms with E-state index in [1.54, 1.807) is 18.2 Å². The number of hydrogen-bond donors (Lipinski definition) is 1. The van der Waals surface area contributed by atoms with Gasteiger partial charge in [0.05, 0.1) is 22.5 Å². The first kappa shape index (κ1) is 19.8. The first-order chi connectivity index (χ1) is 14.2. The number of carbonyl (C=O) groups excluding carboxylic acids is 1. The van der Waals surface area contributed by atoms with Crippen LogP contribution in [0.2, 0.25) is 0 Å². The van der Waals surface area contributed by atoms with Gasteiger partial charge >= 0.3 is 0 Å². The zero-order valence-corrected chi connectivity index (χ0v) is 17.1. The standard InChI is InChI=1S/C22H24FN3O2S/c23-16-7-2-1-6-15(16)18-14-25-21(28-18)12-11-20(27)24-13-5-10-22-26-17-8-3-4-9-19(17)29-22/h1-2,6-7,14H,3-5,8-13H2,(H,24,27). The molecule has 7 heteroatoms. The molecule has 152 valence electrons. The summed E-state index contributed by atoms with van der Waals surface area (Å²) in [6, 6.07) is 6.40. The number of aryl methyl sites for hydroxylation is 4. The SMILES string of the molecule is O=C(CCc1ncc(-c2ccccc2F)o1)NCCCc1nc2c(s1)CCCC2. The lowest BCUT2D eigenvalue weighted by Crippen LogP contribution is -2.25. The summed E-state index contributed by atoms with van der Waals surface area (Å²) in [7, 11) is 0. The fraction of sp³-hybridized carbons (Fsp3) is 0.409. The van der Waals surface area contributed by atoms with Crippen LogP contribution in [-0.4, -0.2) is 22.4 Å². The second-order valence-corrected chi connectivity index (χ2v) is 8.40. The van der Waals surface area contributed by atoms with Crippen LogP contribution in [0.3, 0.4) is 0 Å². The predicted molar refractivity (Wildman–Crippen MR) is 110 cm³/mol. The second-order valence-electron chi connectivity index (χ2n) is 7.24. The van der Waals surface area contributed by atoms with Crippen LogP contribution in [-0.2, 0) is 30.5 Å². The van der Waals surface area contributed by atoms with E-state index in [2.05, 4.69) is 10.3 Å². The molecule has 0 radical (unpaired) electrons. The van der Waals surface area contributed by atoms with Crippen molar-refractivity contribution in [2.45, 2.75) is 51.4 Å². The summed E-state index contributed by atoms with van der Waals surface area (Å²) in [5.74, 6) is 0.430. The van der Waals surface area contributed by atoms with E-state index in [1.807, 2.05) is 11.3 Å². The molecule has 0 saturated carbocycles. The van der Waals surface area contributed by atoms with Crippen molar-refractivity contribution >= 4 is 17.2 Å². The third-order valence-corrected chi connectivity index (χ3v) is 6.26. The average Bonchev–Trinajstić information content (AvgIpc) is 3.36. The van der Waals surface area contributed by atoms with Crippen LogP contribution in [0.4, 0.5) is 4.39 Å². The van der Waals surface area contributed by atoms with Crippen LogP contribution < -0.4 is 5.32 Å². The minimum atomic E-state index is -0.353. The molecular formula is C22H24FN3O2S. The number of carbonyl (C=O) groups is 1. The smallest absolute Gasteiger partial charge is 0.220 e. The van der Waals surface area contributed by atoms with E-state index in [-0.39, 0.29) is 11.7 Å². The van der Waals surface area contributed by atoms with Gasteiger partial charge in [-0.15, -0.1) is 11.3 Å². The Kier molecular flexibility index (Phi) is 6.34. The molecular weight excluding hydrogens is 389 g/mol. The van der Waals surface area contributed by atoms with Gasteiger partial charge in [0.25, 0.3) is 0 Å². The molecule has 2 heterocycles. The van der Waals surface area contributed by atoms with Crippen LogP contribution in [0.15, 0.2) is 34.9 Å². The largest absolute Gasteiger partial charge is 0.441 e. The quantitative estimate of drug-likeness (QED) is 0.552. The predicted octanol–water partition coefficient (Wildman–Crippen LogP) is 4.50. The van der Waals surface area contributed by atoms with Gasteiger partial charge in [0.1, 0.15) is 5.82 Å². The summed E-state index contributed by atoms with van der Waals surface area (Å²) in [6.07, 6.45) is 8.78. The van der Waals surface area contributed by atoms with E-state index in [0.29, 0.717) is 36.6 Å². The molecule has 0 fully saturated rings. The zero-order valence-electron chi connectivity index (χ0n) is 16.2. The van der Waals surface area contributed by atoms with E-state index in [9.17, 15) is 9.18 Å². The number of oxazole rings is 1. The summed E-state index contributed by atoms with van der Waals surface area (Å²) in [4.78, 5) is 22.4. The molecule has 0 unspecified atom stereocenters. The summed E-state index contributed by atoms with van der Waals surface area (Å²) in [6.45, 7) is 0.634. The van der Waals surface area contributed by atoms with Crippen molar-refractivity contribution in [3.63, 3.8) is 0 Å². The zero-order chi connectivity index (χ0) is 20.1.